The van der Waals surface area contributed by atoms with Gasteiger partial charge in [0.15, 0.2) is 11.5 Å². The molecule has 0 bridgehead atoms. The van der Waals surface area contributed by atoms with E-state index in [4.69, 9.17) is 5.73 Å². The minimum absolute atomic E-state index is 0.153. The number of nitrogens with zero attached hydrogens (tertiary/aromatic N) is 4. The van der Waals surface area contributed by atoms with Crippen LogP contribution in [0, 0.1) is 0 Å². The maximum absolute atomic E-state index is 9.67. The quantitative estimate of drug-likeness (QED) is 0.605. The highest BCUT2D eigenvalue weighted by Gasteiger charge is 2.16. The maximum Gasteiger partial charge on any atom is 0.165 e. The zero-order valence-corrected chi connectivity index (χ0v) is 9.06. The first-order valence-electron chi connectivity index (χ1n) is 5.03. The number of hydrogen-bond donors (Lipinski definition) is 3. The third kappa shape index (κ3) is 2.10. The zero-order valence-electron chi connectivity index (χ0n) is 9.06. The van der Waals surface area contributed by atoms with E-state index in [-0.39, 0.29) is 12.4 Å². The van der Waals surface area contributed by atoms with Gasteiger partial charge in [-0.25, -0.2) is 15.0 Å². The molecule has 7 nitrogen and oxygen atoms in total. The number of nitrogen functional groups attached to an aromatic ring is 1. The summed E-state index contributed by atoms with van der Waals surface area (Å²) in [7, 11) is 0. The molecule has 0 fully saturated rings. The van der Waals surface area contributed by atoms with Gasteiger partial charge in [-0.1, -0.05) is 6.08 Å². The summed E-state index contributed by atoms with van der Waals surface area (Å²) in [6.07, 6.45) is 2.13. The Labute approximate surface area is 97.3 Å². The van der Waals surface area contributed by atoms with E-state index in [1.54, 1.807) is 4.57 Å². The van der Waals surface area contributed by atoms with Crippen molar-refractivity contribution in [3.05, 3.63) is 25.3 Å². The smallest absolute Gasteiger partial charge is 0.165 e. The van der Waals surface area contributed by atoms with E-state index in [2.05, 4.69) is 21.5 Å². The Morgan fingerprint density at radius 2 is 2.18 bits per heavy atom. The molecule has 2 aromatic rings. The lowest BCUT2D eigenvalue weighted by Crippen LogP contribution is -2.28. The molecule has 0 radical (unpaired) electrons. The monoisotopic (exact) mass is 235 g/mol. The van der Waals surface area contributed by atoms with Crippen LogP contribution in [0.5, 0.6) is 0 Å². The molecule has 2 atom stereocenters. The van der Waals surface area contributed by atoms with E-state index in [0.717, 1.165) is 0 Å². The summed E-state index contributed by atoms with van der Waals surface area (Å²) >= 11 is 0. The second-order valence-electron chi connectivity index (χ2n) is 3.62. The van der Waals surface area contributed by atoms with E-state index in [0.29, 0.717) is 11.2 Å². The molecule has 0 amide bonds. The van der Waals surface area contributed by atoms with Crippen molar-refractivity contribution >= 4 is 17.0 Å². The molecule has 0 aliphatic rings. The summed E-state index contributed by atoms with van der Waals surface area (Å²) in [6.45, 7) is 3.56. The highest BCUT2D eigenvalue weighted by Crippen LogP contribution is 2.14. The molecule has 2 aromatic heterocycles. The SMILES string of the molecule is C=C[C@H](O)[C@H](O)Cn1cnc2c(N)ncnc21. The number of anilines is 1. The minimum atomic E-state index is -0.994. The van der Waals surface area contributed by atoms with Gasteiger partial charge in [0.05, 0.1) is 19.0 Å². The molecular weight excluding hydrogens is 222 g/mol. The van der Waals surface area contributed by atoms with Gasteiger partial charge in [0.2, 0.25) is 0 Å². The van der Waals surface area contributed by atoms with Crippen molar-refractivity contribution in [1.29, 1.82) is 0 Å². The van der Waals surface area contributed by atoms with Crippen molar-refractivity contribution < 1.29 is 10.2 Å². The van der Waals surface area contributed by atoms with Crippen molar-refractivity contribution in [2.75, 3.05) is 5.73 Å². The van der Waals surface area contributed by atoms with Crippen LogP contribution in [-0.4, -0.2) is 41.9 Å². The summed E-state index contributed by atoms with van der Waals surface area (Å²) in [6, 6.07) is 0. The normalized spacial score (nSPS) is 14.7. The second kappa shape index (κ2) is 4.48. The van der Waals surface area contributed by atoms with Gasteiger partial charge in [0.1, 0.15) is 17.9 Å². The van der Waals surface area contributed by atoms with Gasteiger partial charge in [0.25, 0.3) is 0 Å². The minimum Gasteiger partial charge on any atom is -0.388 e. The van der Waals surface area contributed by atoms with Crippen LogP contribution in [0.15, 0.2) is 25.3 Å². The van der Waals surface area contributed by atoms with Crippen LogP contribution < -0.4 is 5.73 Å². The molecule has 4 N–H and O–H groups in total. The fourth-order valence-corrected chi connectivity index (χ4v) is 1.50. The Morgan fingerprint density at radius 3 is 2.88 bits per heavy atom. The van der Waals surface area contributed by atoms with Gasteiger partial charge in [-0.15, -0.1) is 6.58 Å². The van der Waals surface area contributed by atoms with Crippen LogP contribution in [0.4, 0.5) is 5.82 Å². The molecule has 0 saturated carbocycles. The Balaban J connectivity index is 2.31. The number of fused-ring (bicyclic) bond motifs is 1. The van der Waals surface area contributed by atoms with Crippen LogP contribution in [0.25, 0.3) is 11.2 Å². The number of rotatable bonds is 4. The van der Waals surface area contributed by atoms with Crippen LogP contribution in [0.3, 0.4) is 0 Å². The molecule has 0 spiro atoms. The summed E-state index contributed by atoms with van der Waals surface area (Å²) in [5.41, 5.74) is 6.63. The predicted molar refractivity (Wildman–Crippen MR) is 61.9 cm³/mol. The molecule has 17 heavy (non-hydrogen) atoms. The first-order chi connectivity index (χ1) is 8.13. The van der Waals surface area contributed by atoms with Crippen molar-refractivity contribution in [2.24, 2.45) is 0 Å². The summed E-state index contributed by atoms with van der Waals surface area (Å²) in [5, 5.41) is 19.1. The standard InChI is InChI=1S/C10H13N5O2/c1-2-6(16)7(17)3-15-5-14-8-9(11)12-4-13-10(8)15/h2,4-7,16-17H,1,3H2,(H2,11,12,13)/t6-,7+/m0/s1. The lowest BCUT2D eigenvalue weighted by Gasteiger charge is -2.14. The van der Waals surface area contributed by atoms with Crippen molar-refractivity contribution in [1.82, 2.24) is 19.5 Å². The molecule has 2 heterocycles. The lowest BCUT2D eigenvalue weighted by molar-refractivity contribution is 0.0381. The zero-order chi connectivity index (χ0) is 12.4. The van der Waals surface area contributed by atoms with Crippen LogP contribution in [0.2, 0.25) is 0 Å². The predicted octanol–water partition coefficient (Wildman–Crippen LogP) is -0.684. The van der Waals surface area contributed by atoms with Gasteiger partial charge >= 0.3 is 0 Å². The molecule has 0 aromatic carbocycles. The molecule has 2 rings (SSSR count). The fourth-order valence-electron chi connectivity index (χ4n) is 1.50. The van der Waals surface area contributed by atoms with Crippen molar-refractivity contribution in [2.45, 2.75) is 18.8 Å². The fraction of sp³-hybridized carbons (Fsp3) is 0.300. The second-order valence-corrected chi connectivity index (χ2v) is 3.62. The number of hydrogen-bond acceptors (Lipinski definition) is 6. The first kappa shape index (κ1) is 11.5. The van der Waals surface area contributed by atoms with E-state index >= 15 is 0 Å². The highest BCUT2D eigenvalue weighted by atomic mass is 16.3. The van der Waals surface area contributed by atoms with Crippen molar-refractivity contribution in [3.8, 4) is 0 Å². The maximum atomic E-state index is 9.67. The van der Waals surface area contributed by atoms with Crippen LogP contribution in [0.1, 0.15) is 0 Å². The Kier molecular flexibility index (Phi) is 3.03. The summed E-state index contributed by atoms with van der Waals surface area (Å²) < 4.78 is 1.60. The van der Waals surface area contributed by atoms with Crippen LogP contribution in [-0.2, 0) is 6.54 Å². The summed E-state index contributed by atoms with van der Waals surface area (Å²) in [5.74, 6) is 0.285. The molecular formula is C10H13N5O2. The van der Waals surface area contributed by atoms with Gasteiger partial charge < -0.3 is 20.5 Å². The Bertz CT molecular complexity index is 538. The number of aliphatic hydroxyl groups excluding tert-OH is 2. The number of imidazole rings is 1. The van der Waals surface area contributed by atoms with Crippen LogP contribution >= 0.6 is 0 Å². The van der Waals surface area contributed by atoms with Gasteiger partial charge in [-0.05, 0) is 0 Å². The largest absolute Gasteiger partial charge is 0.388 e. The third-order valence-corrected chi connectivity index (χ3v) is 2.45. The molecule has 0 unspecified atom stereocenters. The average molecular weight is 235 g/mol. The van der Waals surface area contributed by atoms with Gasteiger partial charge in [-0.2, -0.15) is 0 Å². The Morgan fingerprint density at radius 1 is 1.41 bits per heavy atom. The number of aromatic nitrogens is 4. The molecule has 0 saturated heterocycles. The molecule has 0 aliphatic heterocycles. The Hall–Kier alpha value is -1.99. The van der Waals surface area contributed by atoms with Gasteiger partial charge in [-0.3, -0.25) is 0 Å². The molecule has 0 aliphatic carbocycles. The van der Waals surface area contributed by atoms with E-state index < -0.39 is 12.2 Å². The van der Waals surface area contributed by atoms with Crippen molar-refractivity contribution in [3.63, 3.8) is 0 Å². The van der Waals surface area contributed by atoms with E-state index in [1.807, 2.05) is 0 Å². The number of aliphatic hydroxyl groups is 2. The first-order valence-corrected chi connectivity index (χ1v) is 5.03. The van der Waals surface area contributed by atoms with E-state index in [1.165, 1.54) is 18.7 Å². The van der Waals surface area contributed by atoms with E-state index in [9.17, 15) is 10.2 Å². The molecule has 90 valence electrons. The topological polar surface area (TPSA) is 110 Å². The van der Waals surface area contributed by atoms with Gasteiger partial charge in [0, 0.05) is 0 Å². The molecule has 7 heteroatoms. The summed E-state index contributed by atoms with van der Waals surface area (Å²) in [4.78, 5) is 11.9. The average Bonchev–Trinajstić information content (AvgIpc) is 2.73. The lowest BCUT2D eigenvalue weighted by atomic mass is 10.2. The third-order valence-electron chi connectivity index (χ3n) is 2.45. The highest BCUT2D eigenvalue weighted by molar-refractivity contribution is 5.81. The number of nitrogens with two attached hydrogens (primary N) is 1.